The van der Waals surface area contributed by atoms with E-state index in [0.29, 0.717) is 13.1 Å². The highest BCUT2D eigenvalue weighted by atomic mass is 16.2. The molecular weight excluding hydrogens is 252 g/mol. The Hall–Kier alpha value is -2.10. The lowest BCUT2D eigenvalue weighted by atomic mass is 9.98. The van der Waals surface area contributed by atoms with Gasteiger partial charge in [-0.1, -0.05) is 6.08 Å². The number of nitrogens with zero attached hydrogens (tertiary/aromatic N) is 1. The number of nitrogens with one attached hydrogen (secondary N) is 1. The van der Waals surface area contributed by atoms with E-state index >= 15 is 0 Å². The summed E-state index contributed by atoms with van der Waals surface area (Å²) in [6, 6.07) is 5.73. The van der Waals surface area contributed by atoms with Crippen molar-refractivity contribution >= 4 is 17.4 Å². The third kappa shape index (κ3) is 3.26. The molecule has 4 nitrogen and oxygen atoms in total. The number of hydrogen-bond donors (Lipinski definition) is 1. The van der Waals surface area contributed by atoms with Crippen molar-refractivity contribution in [2.45, 2.75) is 19.8 Å². The first kappa shape index (κ1) is 14.3. The van der Waals surface area contributed by atoms with Crippen LogP contribution in [-0.4, -0.2) is 31.3 Å². The van der Waals surface area contributed by atoms with E-state index in [1.54, 1.807) is 13.0 Å². The second-order valence-electron chi connectivity index (χ2n) is 5.02. The average molecular weight is 272 g/mol. The molecule has 2 rings (SSSR count). The van der Waals surface area contributed by atoms with Gasteiger partial charge >= 0.3 is 0 Å². The van der Waals surface area contributed by atoms with Crippen molar-refractivity contribution in [1.82, 2.24) is 5.32 Å². The molecule has 106 valence electrons. The van der Waals surface area contributed by atoms with Crippen LogP contribution in [0.1, 0.15) is 29.3 Å². The number of anilines is 1. The third-order valence-electron chi connectivity index (χ3n) is 3.48. The van der Waals surface area contributed by atoms with Crippen molar-refractivity contribution in [3.05, 3.63) is 42.0 Å². The molecule has 1 aliphatic rings. The van der Waals surface area contributed by atoms with E-state index < -0.39 is 0 Å². The number of hydrogen-bond acceptors (Lipinski definition) is 3. The van der Waals surface area contributed by atoms with Crippen molar-refractivity contribution in [3.63, 3.8) is 0 Å². The summed E-state index contributed by atoms with van der Waals surface area (Å²) in [5.74, 6) is 0.0713. The van der Waals surface area contributed by atoms with E-state index in [-0.39, 0.29) is 11.7 Å². The Bertz CT molecular complexity index is 537. The van der Waals surface area contributed by atoms with E-state index in [2.05, 4.69) is 16.8 Å². The van der Waals surface area contributed by atoms with Crippen molar-refractivity contribution < 1.29 is 9.59 Å². The van der Waals surface area contributed by atoms with Gasteiger partial charge in [0, 0.05) is 24.3 Å². The maximum atomic E-state index is 11.8. The van der Waals surface area contributed by atoms with Crippen molar-refractivity contribution in [3.8, 4) is 0 Å². The molecule has 20 heavy (non-hydrogen) atoms. The number of benzene rings is 1. The van der Waals surface area contributed by atoms with Gasteiger partial charge in [-0.25, -0.2) is 0 Å². The van der Waals surface area contributed by atoms with Crippen LogP contribution in [0.5, 0.6) is 0 Å². The first-order chi connectivity index (χ1) is 9.61. The smallest absolute Gasteiger partial charge is 0.239 e. The van der Waals surface area contributed by atoms with Crippen LogP contribution in [0.15, 0.2) is 30.9 Å². The van der Waals surface area contributed by atoms with Crippen molar-refractivity contribution in [1.29, 1.82) is 0 Å². The van der Waals surface area contributed by atoms with Crippen molar-refractivity contribution in [2.24, 2.45) is 0 Å². The molecule has 0 saturated heterocycles. The van der Waals surface area contributed by atoms with E-state index in [9.17, 15) is 9.59 Å². The van der Waals surface area contributed by atoms with Gasteiger partial charge in [-0.2, -0.15) is 0 Å². The minimum Gasteiger partial charge on any atom is -0.362 e. The molecule has 0 aromatic heterocycles. The number of aryl methyl sites for hydroxylation is 1. The summed E-state index contributed by atoms with van der Waals surface area (Å²) < 4.78 is 0. The zero-order chi connectivity index (χ0) is 14.5. The maximum absolute atomic E-state index is 11.8. The Kier molecular flexibility index (Phi) is 4.56. The van der Waals surface area contributed by atoms with Gasteiger partial charge in [-0.3, -0.25) is 9.59 Å². The van der Waals surface area contributed by atoms with Crippen molar-refractivity contribution in [2.75, 3.05) is 24.5 Å². The Morgan fingerprint density at radius 3 is 2.95 bits per heavy atom. The lowest BCUT2D eigenvalue weighted by Gasteiger charge is -2.31. The number of rotatable bonds is 5. The Morgan fingerprint density at radius 2 is 2.25 bits per heavy atom. The summed E-state index contributed by atoms with van der Waals surface area (Å²) in [7, 11) is 0. The lowest BCUT2D eigenvalue weighted by molar-refractivity contribution is -0.119. The Morgan fingerprint density at radius 1 is 1.45 bits per heavy atom. The average Bonchev–Trinajstić information content (AvgIpc) is 2.44. The molecule has 1 aromatic carbocycles. The summed E-state index contributed by atoms with van der Waals surface area (Å²) in [5, 5.41) is 2.79. The molecule has 1 aromatic rings. The minimum atomic E-state index is -0.00612. The largest absolute Gasteiger partial charge is 0.362 e. The highest BCUT2D eigenvalue weighted by Crippen LogP contribution is 2.27. The monoisotopic (exact) mass is 272 g/mol. The van der Waals surface area contributed by atoms with Crippen LogP contribution in [0.25, 0.3) is 0 Å². The third-order valence-corrected chi connectivity index (χ3v) is 3.48. The standard InChI is InChI=1S/C16H20N2O2/c1-3-8-17-16(20)11-18-9-4-5-14-10-13(12(2)19)6-7-15(14)18/h3,6-7,10H,1,4-5,8-9,11H2,2H3,(H,17,20). The molecule has 0 spiro atoms. The molecule has 1 heterocycles. The molecule has 1 N–H and O–H groups in total. The molecule has 0 fully saturated rings. The predicted octanol–water partition coefficient (Wildman–Crippen LogP) is 1.94. The first-order valence-corrected chi connectivity index (χ1v) is 6.88. The van der Waals surface area contributed by atoms with Gasteiger partial charge in [-0.15, -0.1) is 6.58 Å². The highest BCUT2D eigenvalue weighted by Gasteiger charge is 2.19. The Labute approximate surface area is 119 Å². The van der Waals surface area contributed by atoms with Crippen LogP contribution < -0.4 is 10.2 Å². The van der Waals surface area contributed by atoms with Crippen LogP contribution >= 0.6 is 0 Å². The highest BCUT2D eigenvalue weighted by molar-refractivity contribution is 5.95. The zero-order valence-corrected chi connectivity index (χ0v) is 11.8. The van der Waals surface area contributed by atoms with E-state index in [1.807, 2.05) is 18.2 Å². The van der Waals surface area contributed by atoms with Crippen LogP contribution in [0, 0.1) is 0 Å². The number of Topliss-reactive ketones (excluding diaryl/α,β-unsaturated/α-hetero) is 1. The molecule has 0 saturated carbocycles. The fourth-order valence-corrected chi connectivity index (χ4v) is 2.47. The lowest BCUT2D eigenvalue weighted by Crippen LogP contribution is -2.39. The summed E-state index contributed by atoms with van der Waals surface area (Å²) in [5.41, 5.74) is 2.96. The zero-order valence-electron chi connectivity index (χ0n) is 11.8. The number of amides is 1. The van der Waals surface area contributed by atoms with Gasteiger partial charge in [0.2, 0.25) is 5.91 Å². The minimum absolute atomic E-state index is 0.00612. The summed E-state index contributed by atoms with van der Waals surface area (Å²) in [6.07, 6.45) is 3.63. The van der Waals surface area contributed by atoms with Gasteiger partial charge in [0.1, 0.15) is 0 Å². The molecule has 0 atom stereocenters. The second kappa shape index (κ2) is 6.37. The molecule has 0 unspecified atom stereocenters. The molecule has 0 bridgehead atoms. The topological polar surface area (TPSA) is 49.4 Å². The fraction of sp³-hybridized carbons (Fsp3) is 0.375. The molecular formula is C16H20N2O2. The molecule has 1 amide bonds. The van der Waals surface area contributed by atoms with Gasteiger partial charge in [0.15, 0.2) is 5.78 Å². The normalized spacial score (nSPS) is 13.6. The predicted molar refractivity (Wildman–Crippen MR) is 80.2 cm³/mol. The summed E-state index contributed by atoms with van der Waals surface area (Å²) >= 11 is 0. The number of carbonyl (C=O) groups is 2. The maximum Gasteiger partial charge on any atom is 0.239 e. The number of carbonyl (C=O) groups excluding carboxylic acids is 2. The van der Waals surface area contributed by atoms with Crippen LogP contribution in [0.3, 0.4) is 0 Å². The van der Waals surface area contributed by atoms with Crippen LogP contribution in [-0.2, 0) is 11.2 Å². The van der Waals surface area contributed by atoms with Crippen LogP contribution in [0.4, 0.5) is 5.69 Å². The quantitative estimate of drug-likeness (QED) is 0.658. The SMILES string of the molecule is C=CCNC(=O)CN1CCCc2cc(C(C)=O)ccc21. The fourth-order valence-electron chi connectivity index (χ4n) is 2.47. The summed E-state index contributed by atoms with van der Waals surface area (Å²) in [4.78, 5) is 25.3. The summed E-state index contributed by atoms with van der Waals surface area (Å²) in [6.45, 7) is 6.86. The molecule has 0 aliphatic carbocycles. The second-order valence-corrected chi connectivity index (χ2v) is 5.02. The molecule has 0 radical (unpaired) electrons. The van der Waals surface area contributed by atoms with Crippen LogP contribution in [0.2, 0.25) is 0 Å². The number of fused-ring (bicyclic) bond motifs is 1. The first-order valence-electron chi connectivity index (χ1n) is 6.88. The van der Waals surface area contributed by atoms with Gasteiger partial charge < -0.3 is 10.2 Å². The Balaban J connectivity index is 2.14. The van der Waals surface area contributed by atoms with Gasteiger partial charge in [0.25, 0.3) is 0 Å². The number of ketones is 1. The van der Waals surface area contributed by atoms with E-state index in [4.69, 9.17) is 0 Å². The molecule has 4 heteroatoms. The van der Waals surface area contributed by atoms with Gasteiger partial charge in [0.05, 0.1) is 6.54 Å². The van der Waals surface area contributed by atoms with E-state index in [1.165, 1.54) is 0 Å². The van der Waals surface area contributed by atoms with Gasteiger partial charge in [-0.05, 0) is 43.5 Å². The molecule has 1 aliphatic heterocycles. The van der Waals surface area contributed by atoms with E-state index in [0.717, 1.165) is 36.2 Å².